The van der Waals surface area contributed by atoms with Crippen LogP contribution in [0.5, 0.6) is 23.0 Å². The Hall–Kier alpha value is -3.94. The molecule has 0 saturated carbocycles. The van der Waals surface area contributed by atoms with Gasteiger partial charge in [0.1, 0.15) is 11.5 Å². The second kappa shape index (κ2) is 9.04. The predicted molar refractivity (Wildman–Crippen MR) is 113 cm³/mol. The summed E-state index contributed by atoms with van der Waals surface area (Å²) in [6.07, 6.45) is 1.58. The zero-order valence-corrected chi connectivity index (χ0v) is 17.0. The molecule has 0 fully saturated rings. The molecule has 0 saturated heterocycles. The van der Waals surface area contributed by atoms with E-state index in [0.29, 0.717) is 39.8 Å². The fourth-order valence-electron chi connectivity index (χ4n) is 2.95. The van der Waals surface area contributed by atoms with Gasteiger partial charge in [-0.3, -0.25) is 0 Å². The standard InChI is InChI=1S/C22H23N3O5/c1-5-10-23-22(27)25-18(14-6-9-20(29-3)21(11-14)30-4)13-17(24-25)16-12-15(28-2)7-8-19(16)26/h5-9,11-13,26H,1,10H2,2-4H3,(H,23,27). The Balaban J connectivity index is 2.16. The molecule has 8 heteroatoms. The molecule has 156 valence electrons. The van der Waals surface area contributed by atoms with Crippen molar-refractivity contribution in [2.75, 3.05) is 27.9 Å². The number of phenolic OH excluding ortho intramolecular Hbond substituents is 1. The first-order chi connectivity index (χ1) is 14.5. The molecular formula is C22H23N3O5. The summed E-state index contributed by atoms with van der Waals surface area (Å²) in [5, 5.41) is 17.5. The molecule has 0 aliphatic carbocycles. The first-order valence-electron chi connectivity index (χ1n) is 9.11. The fraction of sp³-hybridized carbons (Fsp3) is 0.182. The summed E-state index contributed by atoms with van der Waals surface area (Å²) in [6, 6.07) is 11.4. The van der Waals surface area contributed by atoms with Crippen molar-refractivity contribution >= 4 is 6.03 Å². The van der Waals surface area contributed by atoms with Crippen molar-refractivity contribution in [3.63, 3.8) is 0 Å². The largest absolute Gasteiger partial charge is 0.507 e. The van der Waals surface area contributed by atoms with Gasteiger partial charge in [-0.1, -0.05) is 6.08 Å². The number of rotatable bonds is 7. The Morgan fingerprint density at radius 1 is 1.10 bits per heavy atom. The Labute approximate surface area is 174 Å². The van der Waals surface area contributed by atoms with Crippen LogP contribution in [0.2, 0.25) is 0 Å². The van der Waals surface area contributed by atoms with Gasteiger partial charge in [-0.05, 0) is 42.5 Å². The minimum absolute atomic E-state index is 0.0193. The molecule has 0 spiro atoms. The molecule has 0 aliphatic rings. The van der Waals surface area contributed by atoms with Crippen LogP contribution in [0.4, 0.5) is 4.79 Å². The number of aromatic nitrogens is 2. The summed E-state index contributed by atoms with van der Waals surface area (Å²) < 4.78 is 17.1. The highest BCUT2D eigenvalue weighted by molar-refractivity contribution is 5.85. The lowest BCUT2D eigenvalue weighted by atomic mass is 10.1. The van der Waals surface area contributed by atoms with Crippen LogP contribution >= 0.6 is 0 Å². The number of nitrogens with zero attached hydrogens (tertiary/aromatic N) is 2. The summed E-state index contributed by atoms with van der Waals surface area (Å²) in [7, 11) is 4.62. The van der Waals surface area contributed by atoms with Crippen molar-refractivity contribution in [1.82, 2.24) is 15.1 Å². The lowest BCUT2D eigenvalue weighted by Crippen LogP contribution is -2.29. The summed E-state index contributed by atoms with van der Waals surface area (Å²) in [6.45, 7) is 3.89. The Kier molecular flexibility index (Phi) is 6.26. The molecule has 0 bridgehead atoms. The number of methoxy groups -OCH3 is 3. The van der Waals surface area contributed by atoms with Gasteiger partial charge in [-0.2, -0.15) is 9.78 Å². The second-order valence-corrected chi connectivity index (χ2v) is 6.25. The van der Waals surface area contributed by atoms with E-state index in [2.05, 4.69) is 17.0 Å². The number of nitrogens with one attached hydrogen (secondary N) is 1. The molecular weight excluding hydrogens is 386 g/mol. The highest BCUT2D eigenvalue weighted by Gasteiger charge is 2.20. The minimum Gasteiger partial charge on any atom is -0.507 e. The summed E-state index contributed by atoms with van der Waals surface area (Å²) in [4.78, 5) is 12.7. The van der Waals surface area contributed by atoms with Crippen molar-refractivity contribution < 1.29 is 24.1 Å². The van der Waals surface area contributed by atoms with Crippen LogP contribution in [0, 0.1) is 0 Å². The molecule has 8 nitrogen and oxygen atoms in total. The summed E-state index contributed by atoms with van der Waals surface area (Å²) in [5.74, 6) is 1.65. The third-order valence-corrected chi connectivity index (χ3v) is 4.46. The Bertz CT molecular complexity index is 1070. The van der Waals surface area contributed by atoms with Crippen LogP contribution in [-0.2, 0) is 0 Å². The van der Waals surface area contributed by atoms with E-state index in [-0.39, 0.29) is 12.3 Å². The van der Waals surface area contributed by atoms with E-state index >= 15 is 0 Å². The van der Waals surface area contributed by atoms with E-state index in [0.717, 1.165) is 0 Å². The van der Waals surface area contributed by atoms with Crippen molar-refractivity contribution in [3.8, 4) is 45.5 Å². The molecule has 1 amide bonds. The third-order valence-electron chi connectivity index (χ3n) is 4.46. The molecule has 0 aliphatic heterocycles. The quantitative estimate of drug-likeness (QED) is 0.578. The monoisotopic (exact) mass is 409 g/mol. The van der Waals surface area contributed by atoms with Gasteiger partial charge in [0.15, 0.2) is 11.5 Å². The molecule has 3 rings (SSSR count). The van der Waals surface area contributed by atoms with E-state index in [1.807, 2.05) is 0 Å². The number of hydrogen-bond acceptors (Lipinski definition) is 6. The zero-order chi connectivity index (χ0) is 21.7. The molecule has 0 atom stereocenters. The minimum atomic E-state index is -0.437. The van der Waals surface area contributed by atoms with Gasteiger partial charge in [0.25, 0.3) is 0 Å². The maximum absolute atomic E-state index is 12.7. The molecule has 1 aromatic heterocycles. The number of phenols is 1. The number of carbonyl (C=O) groups excluding carboxylic acids is 1. The van der Waals surface area contributed by atoms with E-state index in [9.17, 15) is 9.90 Å². The first kappa shape index (κ1) is 20.8. The number of aromatic hydroxyl groups is 1. The molecule has 30 heavy (non-hydrogen) atoms. The maximum atomic E-state index is 12.7. The molecule has 0 radical (unpaired) electrons. The van der Waals surface area contributed by atoms with Crippen LogP contribution in [0.3, 0.4) is 0 Å². The maximum Gasteiger partial charge on any atom is 0.342 e. The number of ether oxygens (including phenoxy) is 3. The molecule has 2 aromatic carbocycles. The van der Waals surface area contributed by atoms with Crippen molar-refractivity contribution in [2.45, 2.75) is 0 Å². The number of benzene rings is 2. The SMILES string of the molecule is C=CCNC(=O)n1nc(-c2cc(OC)ccc2O)cc1-c1ccc(OC)c(OC)c1. The smallest absolute Gasteiger partial charge is 0.342 e. The van der Waals surface area contributed by atoms with Gasteiger partial charge in [-0.15, -0.1) is 6.58 Å². The first-order valence-corrected chi connectivity index (χ1v) is 9.11. The van der Waals surface area contributed by atoms with Crippen LogP contribution < -0.4 is 19.5 Å². The van der Waals surface area contributed by atoms with Crippen LogP contribution in [0.1, 0.15) is 0 Å². The van der Waals surface area contributed by atoms with Gasteiger partial charge < -0.3 is 24.6 Å². The van der Waals surface area contributed by atoms with Gasteiger partial charge in [0, 0.05) is 17.7 Å². The molecule has 3 aromatic rings. The number of hydrogen-bond donors (Lipinski definition) is 2. The number of carbonyl (C=O) groups is 1. The number of amides is 1. The van der Waals surface area contributed by atoms with Crippen LogP contribution in [0.25, 0.3) is 22.5 Å². The topological polar surface area (TPSA) is 94.8 Å². The van der Waals surface area contributed by atoms with E-state index in [4.69, 9.17) is 14.2 Å². The van der Waals surface area contributed by atoms with Crippen molar-refractivity contribution in [2.24, 2.45) is 0 Å². The van der Waals surface area contributed by atoms with Gasteiger partial charge in [0.2, 0.25) is 0 Å². The Morgan fingerprint density at radius 3 is 2.53 bits per heavy atom. The third kappa shape index (κ3) is 4.07. The van der Waals surface area contributed by atoms with E-state index in [1.54, 1.807) is 49.6 Å². The average Bonchev–Trinajstić information content (AvgIpc) is 3.22. The van der Waals surface area contributed by atoms with Crippen LogP contribution in [-0.4, -0.2) is 48.8 Å². The summed E-state index contributed by atoms with van der Waals surface area (Å²) in [5.41, 5.74) is 2.04. The van der Waals surface area contributed by atoms with E-state index < -0.39 is 6.03 Å². The predicted octanol–water partition coefficient (Wildman–Crippen LogP) is 3.69. The molecule has 2 N–H and O–H groups in total. The normalized spacial score (nSPS) is 10.4. The van der Waals surface area contributed by atoms with Crippen molar-refractivity contribution in [3.05, 3.63) is 55.1 Å². The van der Waals surface area contributed by atoms with Gasteiger partial charge in [-0.25, -0.2) is 4.79 Å². The average molecular weight is 409 g/mol. The van der Waals surface area contributed by atoms with Gasteiger partial charge in [0.05, 0.1) is 32.7 Å². The van der Waals surface area contributed by atoms with Gasteiger partial charge >= 0.3 is 6.03 Å². The molecule has 0 unspecified atom stereocenters. The zero-order valence-electron chi connectivity index (χ0n) is 17.0. The molecule has 1 heterocycles. The second-order valence-electron chi connectivity index (χ2n) is 6.25. The van der Waals surface area contributed by atoms with Crippen molar-refractivity contribution in [1.29, 1.82) is 0 Å². The highest BCUT2D eigenvalue weighted by atomic mass is 16.5. The highest BCUT2D eigenvalue weighted by Crippen LogP contribution is 2.36. The summed E-state index contributed by atoms with van der Waals surface area (Å²) >= 11 is 0. The Morgan fingerprint density at radius 2 is 1.87 bits per heavy atom. The van der Waals surface area contributed by atoms with Crippen LogP contribution in [0.15, 0.2) is 55.1 Å². The fourth-order valence-corrected chi connectivity index (χ4v) is 2.95. The lowest BCUT2D eigenvalue weighted by Gasteiger charge is -2.11. The van der Waals surface area contributed by atoms with E-state index in [1.165, 1.54) is 25.0 Å². The lowest BCUT2D eigenvalue weighted by molar-refractivity contribution is 0.241.